The van der Waals surface area contributed by atoms with E-state index in [0.29, 0.717) is 12.4 Å². The van der Waals surface area contributed by atoms with Crippen LogP contribution in [0.25, 0.3) is 11.7 Å². The SMILES string of the molecule is Cc1nc(COc2ccc(/C=C/C(=O)NC(C)c3nnc4ccccn34)cc2)cs1. The molecule has 30 heavy (non-hydrogen) atoms. The number of benzene rings is 1. The third-order valence-corrected chi connectivity index (χ3v) is 5.27. The minimum Gasteiger partial charge on any atom is -0.487 e. The van der Waals surface area contributed by atoms with E-state index in [1.807, 2.05) is 72.3 Å². The Balaban J connectivity index is 1.32. The fraction of sp³-hybridized carbons (Fsp3) is 0.182. The number of ether oxygens (including phenoxy) is 1. The molecule has 0 bridgehead atoms. The second kappa shape index (κ2) is 8.87. The van der Waals surface area contributed by atoms with Crippen LogP contribution < -0.4 is 10.1 Å². The molecule has 0 aliphatic heterocycles. The Morgan fingerprint density at radius 3 is 2.83 bits per heavy atom. The Morgan fingerprint density at radius 2 is 2.07 bits per heavy atom. The molecule has 1 N–H and O–H groups in total. The second-order valence-corrected chi connectivity index (χ2v) is 7.83. The highest BCUT2D eigenvalue weighted by Gasteiger charge is 2.14. The van der Waals surface area contributed by atoms with Gasteiger partial charge < -0.3 is 10.1 Å². The minimum atomic E-state index is -0.273. The molecule has 1 atom stereocenters. The van der Waals surface area contributed by atoms with Gasteiger partial charge in [-0.15, -0.1) is 21.5 Å². The maximum Gasteiger partial charge on any atom is 0.244 e. The summed E-state index contributed by atoms with van der Waals surface area (Å²) in [5.41, 5.74) is 2.58. The number of hydrogen-bond donors (Lipinski definition) is 1. The topological polar surface area (TPSA) is 81.4 Å². The minimum absolute atomic E-state index is 0.200. The molecule has 0 radical (unpaired) electrons. The van der Waals surface area contributed by atoms with E-state index >= 15 is 0 Å². The van der Waals surface area contributed by atoms with Gasteiger partial charge in [-0.3, -0.25) is 9.20 Å². The van der Waals surface area contributed by atoms with Crippen molar-refractivity contribution in [2.75, 3.05) is 0 Å². The summed E-state index contributed by atoms with van der Waals surface area (Å²) in [4.78, 5) is 16.7. The number of aromatic nitrogens is 4. The molecule has 1 unspecified atom stereocenters. The zero-order chi connectivity index (χ0) is 20.9. The van der Waals surface area contributed by atoms with E-state index < -0.39 is 0 Å². The van der Waals surface area contributed by atoms with Crippen molar-refractivity contribution in [3.63, 3.8) is 0 Å². The summed E-state index contributed by atoms with van der Waals surface area (Å²) < 4.78 is 7.60. The normalized spacial score (nSPS) is 12.3. The molecule has 8 heteroatoms. The number of pyridine rings is 1. The van der Waals surface area contributed by atoms with Gasteiger partial charge in [0.2, 0.25) is 5.91 Å². The van der Waals surface area contributed by atoms with Gasteiger partial charge in [0.05, 0.1) is 16.7 Å². The molecular formula is C22H21N5O2S. The molecule has 4 rings (SSSR count). The average Bonchev–Trinajstić information content (AvgIpc) is 3.37. The number of nitrogens with one attached hydrogen (secondary N) is 1. The first kappa shape index (κ1) is 19.8. The average molecular weight is 420 g/mol. The standard InChI is InChI=1S/C22H21N5O2S/c1-15(22-26-25-20-5-3-4-12-27(20)22)23-21(28)11-8-17-6-9-19(10-7-17)29-13-18-14-30-16(2)24-18/h3-12,14-15H,13H2,1-2H3,(H,23,28)/b11-8+. The molecule has 0 saturated carbocycles. The monoisotopic (exact) mass is 419 g/mol. The summed E-state index contributed by atoms with van der Waals surface area (Å²) in [6.07, 6.45) is 5.15. The van der Waals surface area contributed by atoms with Crippen LogP contribution in [0.3, 0.4) is 0 Å². The van der Waals surface area contributed by atoms with Gasteiger partial charge in [0.15, 0.2) is 11.5 Å². The molecule has 7 nitrogen and oxygen atoms in total. The summed E-state index contributed by atoms with van der Waals surface area (Å²) >= 11 is 1.61. The van der Waals surface area contributed by atoms with Gasteiger partial charge in [-0.25, -0.2) is 4.98 Å². The summed E-state index contributed by atoms with van der Waals surface area (Å²) in [6, 6.07) is 13.0. The number of fused-ring (bicyclic) bond motifs is 1. The Labute approximate surface area is 178 Å². The molecule has 1 amide bonds. The summed E-state index contributed by atoms with van der Waals surface area (Å²) in [6.45, 7) is 4.29. The van der Waals surface area contributed by atoms with E-state index in [1.165, 1.54) is 6.08 Å². The zero-order valence-electron chi connectivity index (χ0n) is 16.6. The van der Waals surface area contributed by atoms with Crippen LogP contribution in [-0.2, 0) is 11.4 Å². The highest BCUT2D eigenvalue weighted by Crippen LogP contribution is 2.16. The van der Waals surface area contributed by atoms with Crippen molar-refractivity contribution in [3.8, 4) is 5.75 Å². The number of aryl methyl sites for hydroxylation is 1. The van der Waals surface area contributed by atoms with Crippen molar-refractivity contribution in [3.05, 3.63) is 82.2 Å². The molecule has 3 aromatic heterocycles. The third kappa shape index (κ3) is 4.72. The molecule has 1 aromatic carbocycles. The Hall–Kier alpha value is -3.52. The predicted octanol–water partition coefficient (Wildman–Crippen LogP) is 3.96. The van der Waals surface area contributed by atoms with E-state index in [1.54, 1.807) is 17.4 Å². The maximum atomic E-state index is 12.3. The Morgan fingerprint density at radius 1 is 1.23 bits per heavy atom. The number of rotatable bonds is 7. The maximum absolute atomic E-state index is 12.3. The summed E-state index contributed by atoms with van der Waals surface area (Å²) in [7, 11) is 0. The molecule has 4 aromatic rings. The van der Waals surface area contributed by atoms with Crippen LogP contribution in [0.15, 0.2) is 60.1 Å². The zero-order valence-corrected chi connectivity index (χ0v) is 17.5. The van der Waals surface area contributed by atoms with Crippen molar-refractivity contribution in [1.29, 1.82) is 0 Å². The van der Waals surface area contributed by atoms with E-state index in [4.69, 9.17) is 4.74 Å². The van der Waals surface area contributed by atoms with E-state index in [2.05, 4.69) is 20.5 Å². The lowest BCUT2D eigenvalue weighted by atomic mass is 10.2. The first-order valence-corrected chi connectivity index (χ1v) is 10.4. The largest absolute Gasteiger partial charge is 0.487 e. The van der Waals surface area contributed by atoms with E-state index in [0.717, 1.165) is 27.7 Å². The van der Waals surface area contributed by atoms with Crippen molar-refractivity contribution >= 4 is 29.0 Å². The number of amides is 1. The van der Waals surface area contributed by atoms with Gasteiger partial charge in [0.25, 0.3) is 0 Å². The fourth-order valence-electron chi connectivity index (χ4n) is 2.96. The van der Waals surface area contributed by atoms with Crippen LogP contribution >= 0.6 is 11.3 Å². The molecule has 0 spiro atoms. The number of nitrogens with zero attached hydrogens (tertiary/aromatic N) is 4. The highest BCUT2D eigenvalue weighted by atomic mass is 32.1. The molecule has 0 fully saturated rings. The quantitative estimate of drug-likeness (QED) is 0.459. The van der Waals surface area contributed by atoms with Crippen molar-refractivity contribution < 1.29 is 9.53 Å². The smallest absolute Gasteiger partial charge is 0.244 e. The lowest BCUT2D eigenvalue weighted by Gasteiger charge is -2.10. The Kier molecular flexibility index (Phi) is 5.85. The van der Waals surface area contributed by atoms with Crippen LogP contribution in [0, 0.1) is 6.92 Å². The van der Waals surface area contributed by atoms with Gasteiger partial charge >= 0.3 is 0 Å². The highest BCUT2D eigenvalue weighted by molar-refractivity contribution is 7.09. The summed E-state index contributed by atoms with van der Waals surface area (Å²) in [5, 5.41) is 14.2. The van der Waals surface area contributed by atoms with Gasteiger partial charge in [-0.2, -0.15) is 0 Å². The van der Waals surface area contributed by atoms with E-state index in [-0.39, 0.29) is 11.9 Å². The fourth-order valence-corrected chi connectivity index (χ4v) is 3.56. The van der Waals surface area contributed by atoms with E-state index in [9.17, 15) is 4.79 Å². The van der Waals surface area contributed by atoms with Gasteiger partial charge in [-0.05, 0) is 49.8 Å². The van der Waals surface area contributed by atoms with Crippen LogP contribution in [0.4, 0.5) is 0 Å². The first-order valence-electron chi connectivity index (χ1n) is 9.50. The molecule has 3 heterocycles. The number of hydrogen-bond acceptors (Lipinski definition) is 6. The van der Waals surface area contributed by atoms with Crippen molar-refractivity contribution in [2.45, 2.75) is 26.5 Å². The molecule has 0 aliphatic carbocycles. The lowest BCUT2D eigenvalue weighted by Crippen LogP contribution is -2.26. The number of carbonyl (C=O) groups is 1. The summed E-state index contributed by atoms with van der Waals surface area (Å²) in [5.74, 6) is 1.24. The number of carbonyl (C=O) groups excluding carboxylic acids is 1. The molecule has 152 valence electrons. The van der Waals surface area contributed by atoms with Crippen LogP contribution in [0.5, 0.6) is 5.75 Å². The third-order valence-electron chi connectivity index (χ3n) is 4.45. The first-order chi connectivity index (χ1) is 14.6. The van der Waals surface area contributed by atoms with Crippen LogP contribution in [-0.4, -0.2) is 25.5 Å². The molecule has 0 saturated heterocycles. The molecular weight excluding hydrogens is 398 g/mol. The van der Waals surface area contributed by atoms with Gasteiger partial charge in [0, 0.05) is 17.7 Å². The lowest BCUT2D eigenvalue weighted by molar-refractivity contribution is -0.117. The molecule has 0 aliphatic rings. The Bertz CT molecular complexity index is 1180. The van der Waals surface area contributed by atoms with Crippen molar-refractivity contribution in [2.24, 2.45) is 0 Å². The second-order valence-electron chi connectivity index (χ2n) is 6.77. The van der Waals surface area contributed by atoms with Crippen LogP contribution in [0.2, 0.25) is 0 Å². The van der Waals surface area contributed by atoms with Crippen LogP contribution in [0.1, 0.15) is 35.1 Å². The number of thiazole rings is 1. The predicted molar refractivity (Wildman–Crippen MR) is 116 cm³/mol. The van der Waals surface area contributed by atoms with Gasteiger partial charge in [0.1, 0.15) is 12.4 Å². The van der Waals surface area contributed by atoms with Crippen molar-refractivity contribution in [1.82, 2.24) is 24.9 Å². The van der Waals surface area contributed by atoms with Gasteiger partial charge in [-0.1, -0.05) is 18.2 Å².